The number of aliphatic hydroxyl groups excluding tert-OH is 1. The van der Waals surface area contributed by atoms with E-state index in [0.29, 0.717) is 25.7 Å². The Morgan fingerprint density at radius 2 is 1.12 bits per heavy atom. The van der Waals surface area contributed by atoms with Gasteiger partial charge in [0, 0.05) is 5.25 Å². The predicted molar refractivity (Wildman–Crippen MR) is 100 cm³/mol. The molecule has 146 valence electrons. The van der Waals surface area contributed by atoms with Crippen LogP contribution < -0.4 is 29.6 Å². The van der Waals surface area contributed by atoms with Crippen LogP contribution in [0.25, 0.3) is 0 Å². The zero-order valence-corrected chi connectivity index (χ0v) is 19.7. The number of aliphatic hydroxyl groups is 1. The van der Waals surface area contributed by atoms with Crippen molar-refractivity contribution in [3.8, 4) is 0 Å². The summed E-state index contributed by atoms with van der Waals surface area (Å²) in [6.07, 6.45) is 13.7. The van der Waals surface area contributed by atoms with Crippen molar-refractivity contribution >= 4 is 10.1 Å². The molecule has 2 unspecified atom stereocenters. The summed E-state index contributed by atoms with van der Waals surface area (Å²) >= 11 is 0. The molecule has 0 aliphatic rings. The van der Waals surface area contributed by atoms with E-state index in [0.717, 1.165) is 44.9 Å². The minimum absolute atomic E-state index is 0. The number of hydrogen-bond acceptors (Lipinski definition) is 4. The zero-order chi connectivity index (χ0) is 18.3. The molecule has 0 aromatic carbocycles. The van der Waals surface area contributed by atoms with E-state index in [1.54, 1.807) is 0 Å². The predicted octanol–water partition coefficient (Wildman–Crippen LogP) is 2.16. The fourth-order valence-corrected chi connectivity index (χ4v) is 4.03. The molecule has 2 atom stereocenters. The summed E-state index contributed by atoms with van der Waals surface area (Å²) in [6, 6.07) is 0. The Morgan fingerprint density at radius 3 is 1.68 bits per heavy atom. The quantitative estimate of drug-likeness (QED) is 0.236. The van der Waals surface area contributed by atoms with Gasteiger partial charge in [-0.1, -0.05) is 78.1 Å². The summed E-state index contributed by atoms with van der Waals surface area (Å²) in [5.74, 6) is 0. The van der Waals surface area contributed by atoms with Gasteiger partial charge >= 0.3 is 29.6 Å². The third kappa shape index (κ3) is 18.0. The molecule has 0 rings (SSSR count). The van der Waals surface area contributed by atoms with E-state index in [-0.39, 0.29) is 35.7 Å². The molecule has 0 amide bonds. The first-order valence-electron chi connectivity index (χ1n) is 10.0. The van der Waals surface area contributed by atoms with Gasteiger partial charge in [0.25, 0.3) is 0 Å². The maximum atomic E-state index is 11.4. The molecular formula is C19H39NaO4S. The Balaban J connectivity index is 0. The first-order chi connectivity index (χ1) is 11.4. The maximum Gasteiger partial charge on any atom is 1.00 e. The van der Waals surface area contributed by atoms with Crippen LogP contribution in [0.5, 0.6) is 0 Å². The van der Waals surface area contributed by atoms with Crippen molar-refractivity contribution in [2.45, 2.75) is 122 Å². The van der Waals surface area contributed by atoms with Gasteiger partial charge in [-0.2, -0.15) is 0 Å². The topological polar surface area (TPSA) is 77.4 Å². The summed E-state index contributed by atoms with van der Waals surface area (Å²) < 4.78 is 34.1. The summed E-state index contributed by atoms with van der Waals surface area (Å²) in [4.78, 5) is 0. The molecule has 4 nitrogen and oxygen atoms in total. The molecule has 0 saturated carbocycles. The maximum absolute atomic E-state index is 11.4. The van der Waals surface area contributed by atoms with E-state index in [9.17, 15) is 18.1 Å². The molecule has 0 aliphatic heterocycles. The molecule has 6 heteroatoms. The molecule has 0 aromatic heterocycles. The van der Waals surface area contributed by atoms with E-state index < -0.39 is 15.4 Å². The van der Waals surface area contributed by atoms with Crippen molar-refractivity contribution < 1.29 is 47.6 Å². The van der Waals surface area contributed by atoms with E-state index in [2.05, 4.69) is 13.8 Å². The molecule has 0 aliphatic carbocycles. The van der Waals surface area contributed by atoms with E-state index in [4.69, 9.17) is 0 Å². The van der Waals surface area contributed by atoms with Crippen molar-refractivity contribution in [1.29, 1.82) is 0 Å². The van der Waals surface area contributed by atoms with Crippen molar-refractivity contribution in [2.24, 2.45) is 0 Å². The van der Waals surface area contributed by atoms with Gasteiger partial charge in [0.1, 0.15) is 0 Å². The van der Waals surface area contributed by atoms with Crippen LogP contribution in [0.3, 0.4) is 0 Å². The van der Waals surface area contributed by atoms with Gasteiger partial charge in [-0.05, 0) is 32.1 Å². The van der Waals surface area contributed by atoms with Crippen LogP contribution >= 0.6 is 0 Å². The Labute approximate surface area is 178 Å². The molecule has 0 fully saturated rings. The molecule has 0 aromatic rings. The summed E-state index contributed by atoms with van der Waals surface area (Å²) in [7, 11) is -4.21. The van der Waals surface area contributed by atoms with Crippen LogP contribution in [-0.4, -0.2) is 29.4 Å². The Morgan fingerprint density at radius 1 is 0.720 bits per heavy atom. The fourth-order valence-electron chi connectivity index (χ4n) is 3.12. The monoisotopic (exact) mass is 386 g/mol. The second-order valence-corrected chi connectivity index (χ2v) is 8.76. The second-order valence-electron chi connectivity index (χ2n) is 7.11. The largest absolute Gasteiger partial charge is 1.00 e. The van der Waals surface area contributed by atoms with E-state index >= 15 is 0 Å². The number of unbranched alkanes of at least 4 members (excludes halogenated alkanes) is 8. The minimum Gasteiger partial charge on any atom is -0.748 e. The average Bonchev–Trinajstić information content (AvgIpc) is 2.52. The van der Waals surface area contributed by atoms with Gasteiger partial charge in [0.2, 0.25) is 0 Å². The molecule has 0 radical (unpaired) electrons. The van der Waals surface area contributed by atoms with Crippen LogP contribution in [0.15, 0.2) is 0 Å². The molecule has 25 heavy (non-hydrogen) atoms. The normalized spacial score (nSPS) is 14.1. The number of rotatable bonds is 17. The van der Waals surface area contributed by atoms with Gasteiger partial charge in [-0.25, -0.2) is 8.42 Å². The smallest absolute Gasteiger partial charge is 0.748 e. The van der Waals surface area contributed by atoms with Crippen molar-refractivity contribution in [2.75, 3.05) is 0 Å². The number of hydrogen-bond donors (Lipinski definition) is 1. The summed E-state index contributed by atoms with van der Waals surface area (Å²) in [5, 5.41) is 9.22. The molecule has 0 bridgehead atoms. The van der Waals surface area contributed by atoms with Crippen LogP contribution in [0.1, 0.15) is 110 Å². The second kappa shape index (κ2) is 18.2. The molecular weight excluding hydrogens is 347 g/mol. The standard InChI is InChI=1S/C19H40O4S.Na/c1-3-5-7-9-10-11-14-18(20)15-13-17-19(24(21,22)23)16-12-8-6-4-2;/h18-20H,3-17H2,1-2H3,(H,21,22,23);/q;+1/p-1. The minimum atomic E-state index is -4.21. The average molecular weight is 387 g/mol. The molecule has 0 saturated heterocycles. The van der Waals surface area contributed by atoms with Gasteiger partial charge in [-0.15, -0.1) is 0 Å². The van der Waals surface area contributed by atoms with Crippen molar-refractivity contribution in [1.82, 2.24) is 0 Å². The van der Waals surface area contributed by atoms with E-state index in [1.165, 1.54) is 25.7 Å². The first-order valence-corrected chi connectivity index (χ1v) is 11.5. The van der Waals surface area contributed by atoms with E-state index in [1.807, 2.05) is 0 Å². The molecule has 1 N–H and O–H groups in total. The van der Waals surface area contributed by atoms with Crippen LogP contribution in [-0.2, 0) is 10.1 Å². The van der Waals surface area contributed by atoms with Crippen LogP contribution in [0.4, 0.5) is 0 Å². The first kappa shape index (κ1) is 28.1. The molecule has 0 heterocycles. The Bertz CT molecular complexity index is 374. The summed E-state index contributed by atoms with van der Waals surface area (Å²) in [6.45, 7) is 4.30. The van der Waals surface area contributed by atoms with Crippen molar-refractivity contribution in [3.05, 3.63) is 0 Å². The summed E-state index contributed by atoms with van der Waals surface area (Å²) in [5.41, 5.74) is 0. The van der Waals surface area contributed by atoms with Gasteiger partial charge < -0.3 is 9.66 Å². The van der Waals surface area contributed by atoms with Crippen molar-refractivity contribution in [3.63, 3.8) is 0 Å². The van der Waals surface area contributed by atoms with Gasteiger partial charge in [0.15, 0.2) is 0 Å². The SMILES string of the molecule is CCCCCCCCC(O)CCCC(CCCCCC)S(=O)(=O)[O-].[Na+]. The fraction of sp³-hybridized carbons (Fsp3) is 1.00. The third-order valence-corrected chi connectivity index (χ3v) is 6.03. The molecule has 0 spiro atoms. The van der Waals surface area contributed by atoms with Gasteiger partial charge in [0.05, 0.1) is 16.2 Å². The third-order valence-electron chi connectivity index (χ3n) is 4.74. The Kier molecular flexibility index (Phi) is 20.5. The van der Waals surface area contributed by atoms with Crippen LogP contribution in [0.2, 0.25) is 0 Å². The van der Waals surface area contributed by atoms with Crippen LogP contribution in [0, 0.1) is 0 Å². The Hall–Kier alpha value is 0.870. The van der Waals surface area contributed by atoms with Gasteiger partial charge in [-0.3, -0.25) is 0 Å². The zero-order valence-electron chi connectivity index (χ0n) is 16.8.